The number of nitrogens with zero attached hydrogens (tertiary/aromatic N) is 2. The number of nitrogens with one attached hydrogen (secondary N) is 1. The van der Waals surface area contributed by atoms with Gasteiger partial charge in [-0.05, 0) is 40.1 Å². The van der Waals surface area contributed by atoms with Crippen LogP contribution in [0.15, 0.2) is 31.5 Å². The van der Waals surface area contributed by atoms with Crippen molar-refractivity contribution < 1.29 is 27.1 Å². The molecule has 1 aliphatic heterocycles. The van der Waals surface area contributed by atoms with Crippen LogP contribution in [-0.2, 0) is 36.6 Å². The third-order valence-electron chi connectivity index (χ3n) is 3.63. The fraction of sp³-hybridized carbons (Fsp3) is 0.556. The molecule has 0 aliphatic carbocycles. The first-order valence-corrected chi connectivity index (χ1v) is 11.8. The van der Waals surface area contributed by atoms with Crippen molar-refractivity contribution in [2.45, 2.75) is 26.1 Å². The molecule has 0 spiro atoms. The Bertz CT molecular complexity index is 874. The zero-order chi connectivity index (χ0) is 21.4. The van der Waals surface area contributed by atoms with Crippen LogP contribution in [0.2, 0.25) is 0 Å². The van der Waals surface area contributed by atoms with E-state index >= 15 is 0 Å². The summed E-state index contributed by atoms with van der Waals surface area (Å²) in [5, 5.41) is 2.96. The van der Waals surface area contributed by atoms with Gasteiger partial charge in [-0.2, -0.15) is 20.2 Å². The second kappa shape index (κ2) is 10.7. The Hall–Kier alpha value is -1.98. The zero-order valence-electron chi connectivity index (χ0n) is 17.1. The number of thioether (sulfide) groups is 1. The highest BCUT2D eigenvalue weighted by atomic mass is 32.2. The molecule has 11 heteroatoms. The van der Waals surface area contributed by atoms with Crippen molar-refractivity contribution in [3.8, 4) is 0 Å². The van der Waals surface area contributed by atoms with Gasteiger partial charge in [0.05, 0.1) is 25.5 Å². The molecule has 0 aromatic carbocycles. The van der Waals surface area contributed by atoms with Crippen molar-refractivity contribution in [2.24, 2.45) is 4.40 Å². The van der Waals surface area contributed by atoms with Gasteiger partial charge in [0.25, 0.3) is 15.9 Å². The van der Waals surface area contributed by atoms with Gasteiger partial charge in [0, 0.05) is 12.3 Å². The Labute approximate surface area is 175 Å². The summed E-state index contributed by atoms with van der Waals surface area (Å²) in [6, 6.07) is 3.91. The minimum atomic E-state index is -4.14. The standard InChI is InChI=1S/C18H27N3O6S2/c1-5-25-17-15(16(18(22)26-6-2)29(23,24)20-17)19-9-10-28-12-14-8-7-13(27-14)11-21(3)4/h7-8,19H,5-6,9-12H2,1-4H3. The fourth-order valence-electron chi connectivity index (χ4n) is 2.54. The molecule has 0 saturated carbocycles. The molecule has 0 radical (unpaired) electrons. The summed E-state index contributed by atoms with van der Waals surface area (Å²) >= 11 is 1.62. The van der Waals surface area contributed by atoms with Gasteiger partial charge in [0.2, 0.25) is 4.91 Å². The van der Waals surface area contributed by atoms with Gasteiger partial charge in [-0.25, -0.2) is 4.79 Å². The Morgan fingerprint density at radius 1 is 1.24 bits per heavy atom. The summed E-state index contributed by atoms with van der Waals surface area (Å²) in [5.74, 6) is 2.07. The Balaban J connectivity index is 1.95. The van der Waals surface area contributed by atoms with Crippen molar-refractivity contribution in [1.82, 2.24) is 10.2 Å². The van der Waals surface area contributed by atoms with Crippen LogP contribution in [0.25, 0.3) is 0 Å². The lowest BCUT2D eigenvalue weighted by atomic mass is 10.3. The van der Waals surface area contributed by atoms with Crippen LogP contribution < -0.4 is 5.32 Å². The monoisotopic (exact) mass is 445 g/mol. The van der Waals surface area contributed by atoms with Gasteiger partial charge in [0.15, 0.2) is 0 Å². The van der Waals surface area contributed by atoms with Gasteiger partial charge in [-0.15, -0.1) is 4.40 Å². The van der Waals surface area contributed by atoms with Gasteiger partial charge >= 0.3 is 5.97 Å². The number of esters is 1. The molecule has 1 N–H and O–H groups in total. The third kappa shape index (κ3) is 6.51. The Morgan fingerprint density at radius 2 is 1.97 bits per heavy atom. The lowest BCUT2D eigenvalue weighted by molar-refractivity contribution is -0.137. The lowest BCUT2D eigenvalue weighted by Gasteiger charge is -2.11. The Kier molecular flexibility index (Phi) is 8.60. The first-order valence-electron chi connectivity index (χ1n) is 9.22. The van der Waals surface area contributed by atoms with Crippen LogP contribution >= 0.6 is 11.8 Å². The predicted octanol–water partition coefficient (Wildman–Crippen LogP) is 1.72. The van der Waals surface area contributed by atoms with E-state index in [0.717, 1.165) is 18.1 Å². The van der Waals surface area contributed by atoms with Gasteiger partial charge in [0.1, 0.15) is 17.2 Å². The molecule has 0 amide bonds. The average molecular weight is 446 g/mol. The van der Waals surface area contributed by atoms with Gasteiger partial charge in [-0.1, -0.05) is 0 Å². The number of hydrogen-bond acceptors (Lipinski definition) is 9. The fourth-order valence-corrected chi connectivity index (χ4v) is 4.43. The SMILES string of the molecule is CCOC(=O)C1=C(NCCSCc2ccc(CN(C)C)o2)C(OCC)=NS1(=O)=O. The van der Waals surface area contributed by atoms with E-state index in [4.69, 9.17) is 13.9 Å². The van der Waals surface area contributed by atoms with E-state index < -0.39 is 20.9 Å². The van der Waals surface area contributed by atoms with E-state index in [1.807, 2.05) is 31.1 Å². The second-order valence-corrected chi connectivity index (χ2v) is 8.96. The smallest absolute Gasteiger partial charge is 0.354 e. The van der Waals surface area contributed by atoms with Crippen LogP contribution in [0, 0.1) is 0 Å². The quantitative estimate of drug-likeness (QED) is 0.402. The van der Waals surface area contributed by atoms with E-state index in [1.165, 1.54) is 0 Å². The molecule has 0 atom stereocenters. The topological polar surface area (TPSA) is 110 Å². The van der Waals surface area contributed by atoms with Crippen LogP contribution in [0.4, 0.5) is 0 Å². The molecule has 1 aromatic rings. The van der Waals surface area contributed by atoms with Gasteiger partial charge in [-0.3, -0.25) is 0 Å². The zero-order valence-corrected chi connectivity index (χ0v) is 18.7. The number of furan rings is 1. The largest absolute Gasteiger partial charge is 0.476 e. The van der Waals surface area contributed by atoms with Crippen LogP contribution in [0.3, 0.4) is 0 Å². The molecule has 162 valence electrons. The molecule has 0 unspecified atom stereocenters. The highest BCUT2D eigenvalue weighted by Crippen LogP contribution is 2.24. The Morgan fingerprint density at radius 3 is 2.62 bits per heavy atom. The summed E-state index contributed by atoms with van der Waals surface area (Å²) in [7, 11) is -0.188. The van der Waals surface area contributed by atoms with Crippen LogP contribution in [0.5, 0.6) is 0 Å². The van der Waals surface area contributed by atoms with Gasteiger partial charge < -0.3 is 24.1 Å². The second-order valence-electron chi connectivity index (χ2n) is 6.31. The van der Waals surface area contributed by atoms with Crippen molar-refractivity contribution >= 4 is 33.7 Å². The van der Waals surface area contributed by atoms with Crippen molar-refractivity contribution in [3.63, 3.8) is 0 Å². The molecular formula is C18H27N3O6S2. The molecule has 9 nitrogen and oxygen atoms in total. The van der Waals surface area contributed by atoms with E-state index in [2.05, 4.69) is 9.71 Å². The average Bonchev–Trinajstić information content (AvgIpc) is 3.16. The minimum Gasteiger partial charge on any atom is -0.476 e. The maximum Gasteiger partial charge on any atom is 0.354 e. The number of carbonyl (C=O) groups excluding carboxylic acids is 1. The first-order chi connectivity index (χ1) is 13.8. The molecule has 0 saturated heterocycles. The van der Waals surface area contributed by atoms with E-state index in [-0.39, 0.29) is 24.8 Å². The third-order valence-corrected chi connectivity index (χ3v) is 5.90. The molecular weight excluding hydrogens is 418 g/mol. The first kappa shape index (κ1) is 23.3. The highest BCUT2D eigenvalue weighted by molar-refractivity contribution is 7.98. The molecule has 2 rings (SSSR count). The van der Waals surface area contributed by atoms with Crippen LogP contribution in [-0.4, -0.2) is 64.8 Å². The summed E-state index contributed by atoms with van der Waals surface area (Å²) < 4.78 is 43.9. The number of ether oxygens (including phenoxy) is 2. The normalized spacial score (nSPS) is 15.6. The number of rotatable bonds is 11. The molecule has 1 aromatic heterocycles. The minimum absolute atomic E-state index is 0.0529. The molecule has 29 heavy (non-hydrogen) atoms. The summed E-state index contributed by atoms with van der Waals surface area (Å²) in [4.78, 5) is 13.6. The summed E-state index contributed by atoms with van der Waals surface area (Å²) in [5.41, 5.74) is 0.0529. The highest BCUT2D eigenvalue weighted by Gasteiger charge is 2.39. The molecule has 0 bridgehead atoms. The lowest BCUT2D eigenvalue weighted by Crippen LogP contribution is -2.26. The number of hydrogen-bond donors (Lipinski definition) is 1. The summed E-state index contributed by atoms with van der Waals surface area (Å²) in [6.07, 6.45) is 0. The van der Waals surface area contributed by atoms with Crippen molar-refractivity contribution in [3.05, 3.63) is 34.3 Å². The van der Waals surface area contributed by atoms with Crippen molar-refractivity contribution in [1.29, 1.82) is 0 Å². The maximum absolute atomic E-state index is 12.2. The van der Waals surface area contributed by atoms with Crippen molar-refractivity contribution in [2.75, 3.05) is 39.6 Å². The number of sulfonamides is 1. The molecule has 2 heterocycles. The molecule has 1 aliphatic rings. The molecule has 0 fully saturated rings. The van der Waals surface area contributed by atoms with E-state index in [9.17, 15) is 13.2 Å². The maximum atomic E-state index is 12.2. The van der Waals surface area contributed by atoms with E-state index in [0.29, 0.717) is 18.1 Å². The summed E-state index contributed by atoms with van der Waals surface area (Å²) in [6.45, 7) is 4.74. The van der Waals surface area contributed by atoms with E-state index in [1.54, 1.807) is 25.6 Å². The predicted molar refractivity (Wildman–Crippen MR) is 112 cm³/mol. The number of carbonyl (C=O) groups is 1. The van der Waals surface area contributed by atoms with Crippen LogP contribution in [0.1, 0.15) is 25.4 Å².